The van der Waals surface area contributed by atoms with Gasteiger partial charge in [-0.1, -0.05) is 0 Å². The van der Waals surface area contributed by atoms with Crippen LogP contribution in [0.2, 0.25) is 0 Å². The van der Waals surface area contributed by atoms with Gasteiger partial charge in [-0.25, -0.2) is 4.79 Å². The van der Waals surface area contributed by atoms with Crippen molar-refractivity contribution in [2.75, 3.05) is 31.1 Å². The highest BCUT2D eigenvalue weighted by Crippen LogP contribution is 2.30. The molecule has 1 aromatic carbocycles. The van der Waals surface area contributed by atoms with E-state index in [1.807, 2.05) is 0 Å². The van der Waals surface area contributed by atoms with Crippen LogP contribution in [0.15, 0.2) is 18.2 Å². The maximum atomic E-state index is 11.1. The first-order valence-corrected chi connectivity index (χ1v) is 5.99. The first-order chi connectivity index (χ1) is 9.52. The Bertz CT molecular complexity index is 552. The maximum absolute atomic E-state index is 11.1. The Morgan fingerprint density at radius 2 is 1.95 bits per heavy atom. The summed E-state index contributed by atoms with van der Waals surface area (Å²) in [5.74, 6) is -1.20. The second-order valence-corrected chi connectivity index (χ2v) is 4.39. The topological polar surface area (TPSA) is 104 Å². The summed E-state index contributed by atoms with van der Waals surface area (Å²) in [7, 11) is 0. The van der Waals surface area contributed by atoms with Crippen LogP contribution in [0.25, 0.3) is 0 Å². The van der Waals surface area contributed by atoms with E-state index >= 15 is 0 Å². The van der Waals surface area contributed by atoms with Gasteiger partial charge in [-0.2, -0.15) is 0 Å². The largest absolute Gasteiger partial charge is 0.478 e. The highest BCUT2D eigenvalue weighted by molar-refractivity contribution is 5.89. The summed E-state index contributed by atoms with van der Waals surface area (Å²) < 4.78 is 0. The fraction of sp³-hybridized carbons (Fsp3) is 0.333. The minimum Gasteiger partial charge on any atom is -0.478 e. The normalized spacial score (nSPS) is 15.0. The van der Waals surface area contributed by atoms with E-state index in [-0.39, 0.29) is 11.3 Å². The number of benzene rings is 1. The van der Waals surface area contributed by atoms with Crippen molar-refractivity contribution in [2.24, 2.45) is 0 Å². The molecule has 1 N–H and O–H groups in total. The molecule has 0 aromatic heterocycles. The Morgan fingerprint density at radius 3 is 2.45 bits per heavy atom. The smallest absolute Gasteiger partial charge is 0.335 e. The first kappa shape index (κ1) is 13.8. The zero-order chi connectivity index (χ0) is 14.7. The number of hydrogen-bond donors (Lipinski definition) is 1. The molecule has 0 atom stereocenters. The van der Waals surface area contributed by atoms with E-state index in [1.54, 1.807) is 9.80 Å². The van der Waals surface area contributed by atoms with Crippen LogP contribution in [0.3, 0.4) is 0 Å². The van der Waals surface area contributed by atoms with Crippen LogP contribution in [0.4, 0.5) is 11.4 Å². The van der Waals surface area contributed by atoms with Crippen LogP contribution >= 0.6 is 0 Å². The molecule has 1 amide bonds. The highest BCUT2D eigenvalue weighted by Gasteiger charge is 2.24. The molecule has 1 fully saturated rings. The summed E-state index contributed by atoms with van der Waals surface area (Å²) in [6, 6.07) is 3.85. The molecule has 0 aliphatic carbocycles. The second-order valence-electron chi connectivity index (χ2n) is 4.39. The number of carbonyl (C=O) groups excluding carboxylic acids is 1. The lowest BCUT2D eigenvalue weighted by Gasteiger charge is -2.33. The summed E-state index contributed by atoms with van der Waals surface area (Å²) in [5.41, 5.74) is 0.0296. The van der Waals surface area contributed by atoms with Crippen LogP contribution in [-0.2, 0) is 4.79 Å². The van der Waals surface area contributed by atoms with Crippen molar-refractivity contribution >= 4 is 23.8 Å². The molecule has 20 heavy (non-hydrogen) atoms. The quantitative estimate of drug-likeness (QED) is 0.491. The molecule has 1 heterocycles. The number of carboxylic acid groups (broad SMARTS) is 1. The van der Waals surface area contributed by atoms with E-state index in [1.165, 1.54) is 12.1 Å². The van der Waals surface area contributed by atoms with Gasteiger partial charge in [0, 0.05) is 32.2 Å². The summed E-state index contributed by atoms with van der Waals surface area (Å²) >= 11 is 0. The summed E-state index contributed by atoms with van der Waals surface area (Å²) in [6.07, 6.45) is 0.749. The lowest BCUT2D eigenvalue weighted by molar-refractivity contribution is -0.384. The van der Waals surface area contributed by atoms with E-state index < -0.39 is 10.9 Å². The molecular weight excluding hydrogens is 266 g/mol. The number of anilines is 1. The standard InChI is InChI=1S/C12H13N3O5/c16-8-13-3-5-14(6-4-13)10-2-1-9(12(17)18)7-11(10)15(19)20/h1-2,7-8H,3-6H2,(H,17,18). The van der Waals surface area contributed by atoms with Gasteiger partial charge >= 0.3 is 5.97 Å². The molecule has 8 heteroatoms. The molecule has 0 radical (unpaired) electrons. The molecule has 1 aromatic rings. The lowest BCUT2D eigenvalue weighted by Crippen LogP contribution is -2.45. The zero-order valence-corrected chi connectivity index (χ0v) is 10.6. The van der Waals surface area contributed by atoms with Crippen LogP contribution in [0, 0.1) is 10.1 Å². The molecule has 106 valence electrons. The summed E-state index contributed by atoms with van der Waals surface area (Å²) in [5, 5.41) is 20.0. The average Bonchev–Trinajstić information content (AvgIpc) is 2.46. The minimum atomic E-state index is -1.20. The van der Waals surface area contributed by atoms with Crippen molar-refractivity contribution in [3.8, 4) is 0 Å². The molecule has 0 unspecified atom stereocenters. The third-order valence-electron chi connectivity index (χ3n) is 3.22. The zero-order valence-electron chi connectivity index (χ0n) is 10.6. The maximum Gasteiger partial charge on any atom is 0.335 e. The average molecular weight is 279 g/mol. The van der Waals surface area contributed by atoms with Crippen LogP contribution in [0.1, 0.15) is 10.4 Å². The lowest BCUT2D eigenvalue weighted by atomic mass is 10.1. The second kappa shape index (κ2) is 5.55. The molecular formula is C12H13N3O5. The van der Waals surface area contributed by atoms with Crippen molar-refractivity contribution in [1.29, 1.82) is 0 Å². The van der Waals surface area contributed by atoms with E-state index in [4.69, 9.17) is 5.11 Å². The van der Waals surface area contributed by atoms with Gasteiger partial charge in [0.25, 0.3) is 5.69 Å². The molecule has 1 aliphatic rings. The third kappa shape index (κ3) is 2.68. The molecule has 0 spiro atoms. The number of carboxylic acids is 1. The third-order valence-corrected chi connectivity index (χ3v) is 3.22. The number of nitro groups is 1. The Kier molecular flexibility index (Phi) is 3.83. The monoisotopic (exact) mass is 279 g/mol. The molecule has 8 nitrogen and oxygen atoms in total. The Morgan fingerprint density at radius 1 is 1.30 bits per heavy atom. The number of carbonyl (C=O) groups is 2. The number of piperazine rings is 1. The van der Waals surface area contributed by atoms with Crippen LogP contribution < -0.4 is 4.90 Å². The molecule has 1 aliphatic heterocycles. The van der Waals surface area contributed by atoms with Gasteiger partial charge in [0.15, 0.2) is 0 Å². The van der Waals surface area contributed by atoms with E-state index in [0.717, 1.165) is 12.5 Å². The van der Waals surface area contributed by atoms with Gasteiger partial charge in [-0.3, -0.25) is 14.9 Å². The number of nitrogens with zero attached hydrogens (tertiary/aromatic N) is 3. The van der Waals surface area contributed by atoms with E-state index in [2.05, 4.69) is 0 Å². The van der Waals surface area contributed by atoms with Gasteiger partial charge < -0.3 is 14.9 Å². The predicted molar refractivity (Wildman–Crippen MR) is 69.9 cm³/mol. The number of rotatable bonds is 4. The molecule has 2 rings (SSSR count). The minimum absolute atomic E-state index is 0.119. The van der Waals surface area contributed by atoms with Crippen molar-refractivity contribution in [1.82, 2.24) is 4.90 Å². The van der Waals surface area contributed by atoms with Crippen LogP contribution in [0.5, 0.6) is 0 Å². The van der Waals surface area contributed by atoms with Gasteiger partial charge in [0.1, 0.15) is 5.69 Å². The number of hydrogen-bond acceptors (Lipinski definition) is 5. The van der Waals surface area contributed by atoms with Crippen molar-refractivity contribution in [3.05, 3.63) is 33.9 Å². The number of amides is 1. The van der Waals surface area contributed by atoms with Gasteiger partial charge in [-0.15, -0.1) is 0 Å². The van der Waals surface area contributed by atoms with Crippen molar-refractivity contribution in [2.45, 2.75) is 0 Å². The SMILES string of the molecule is O=CN1CCN(c2ccc(C(=O)O)cc2[N+](=O)[O-])CC1. The van der Waals surface area contributed by atoms with E-state index in [9.17, 15) is 19.7 Å². The Labute approximate surface area is 114 Å². The molecule has 0 saturated carbocycles. The van der Waals surface area contributed by atoms with Crippen LogP contribution in [-0.4, -0.2) is 53.5 Å². The summed E-state index contributed by atoms with van der Waals surface area (Å²) in [4.78, 5) is 35.4. The first-order valence-electron chi connectivity index (χ1n) is 5.99. The molecule has 0 bridgehead atoms. The van der Waals surface area contributed by atoms with Crippen molar-refractivity contribution in [3.63, 3.8) is 0 Å². The Hall–Kier alpha value is -2.64. The number of nitro benzene ring substituents is 1. The molecule has 1 saturated heterocycles. The summed E-state index contributed by atoms with van der Waals surface area (Å²) in [6.45, 7) is 1.93. The fourth-order valence-electron chi connectivity index (χ4n) is 2.14. The van der Waals surface area contributed by atoms with Crippen molar-refractivity contribution < 1.29 is 19.6 Å². The predicted octanol–water partition coefficient (Wildman–Crippen LogP) is 0.571. The van der Waals surface area contributed by atoms with Gasteiger partial charge in [0.05, 0.1) is 10.5 Å². The fourth-order valence-corrected chi connectivity index (χ4v) is 2.14. The van der Waals surface area contributed by atoms with Gasteiger partial charge in [-0.05, 0) is 12.1 Å². The van der Waals surface area contributed by atoms with Gasteiger partial charge in [0.2, 0.25) is 6.41 Å². The Balaban J connectivity index is 2.29. The van der Waals surface area contributed by atoms with E-state index in [0.29, 0.717) is 31.9 Å². The number of aromatic carboxylic acids is 1. The highest BCUT2D eigenvalue weighted by atomic mass is 16.6.